The summed E-state index contributed by atoms with van der Waals surface area (Å²) in [6, 6.07) is 9.81. The minimum atomic E-state index is 0.0808. The lowest BCUT2D eigenvalue weighted by Gasteiger charge is -2.22. The first-order valence-corrected chi connectivity index (χ1v) is 8.15. The molecule has 5 heteroatoms. The molecule has 1 aliphatic rings. The molecule has 2 N–H and O–H groups in total. The Bertz CT molecular complexity index is 642. The highest BCUT2D eigenvalue weighted by Gasteiger charge is 2.33. The van der Waals surface area contributed by atoms with Crippen LogP contribution in [0.5, 0.6) is 0 Å². The Labute approximate surface area is 133 Å². The Balaban J connectivity index is 1.81. The van der Waals surface area contributed by atoms with Crippen LogP contribution < -0.4 is 5.73 Å². The number of rotatable bonds is 4. The van der Waals surface area contributed by atoms with Crippen LogP contribution in [0.4, 0.5) is 5.69 Å². The molecule has 0 bridgehead atoms. The van der Waals surface area contributed by atoms with Crippen LogP contribution >= 0.6 is 22.9 Å². The normalized spacial score (nSPS) is 14.2. The summed E-state index contributed by atoms with van der Waals surface area (Å²) in [6.45, 7) is 2.56. The molecular weight excluding hydrogens is 304 g/mol. The lowest BCUT2D eigenvalue weighted by atomic mass is 10.2. The van der Waals surface area contributed by atoms with Crippen molar-refractivity contribution in [2.24, 2.45) is 0 Å². The molecule has 2 aromatic rings. The topological polar surface area (TPSA) is 46.3 Å². The van der Waals surface area contributed by atoms with Crippen LogP contribution in [0.2, 0.25) is 5.02 Å². The van der Waals surface area contributed by atoms with Crippen molar-refractivity contribution in [1.82, 2.24) is 4.90 Å². The van der Waals surface area contributed by atoms with E-state index in [1.807, 2.05) is 36.1 Å². The van der Waals surface area contributed by atoms with E-state index in [0.717, 1.165) is 28.2 Å². The zero-order chi connectivity index (χ0) is 15.0. The van der Waals surface area contributed by atoms with E-state index in [4.69, 9.17) is 17.3 Å². The number of halogens is 1. The SMILES string of the molecule is Cc1sc(C(=O)N(Cc2ccc(Cl)cc2)C2CC2)cc1N. The van der Waals surface area contributed by atoms with E-state index in [2.05, 4.69) is 0 Å². The van der Waals surface area contributed by atoms with Gasteiger partial charge in [-0.2, -0.15) is 0 Å². The molecule has 0 aliphatic heterocycles. The molecule has 0 radical (unpaired) electrons. The van der Waals surface area contributed by atoms with Crippen molar-refractivity contribution in [3.63, 3.8) is 0 Å². The van der Waals surface area contributed by atoms with Crippen molar-refractivity contribution in [3.8, 4) is 0 Å². The van der Waals surface area contributed by atoms with Crippen molar-refractivity contribution < 1.29 is 4.79 Å². The van der Waals surface area contributed by atoms with Crippen LogP contribution in [0.1, 0.15) is 33.0 Å². The van der Waals surface area contributed by atoms with E-state index in [9.17, 15) is 4.79 Å². The standard InChI is InChI=1S/C16H17ClN2OS/c1-10-14(18)8-15(21-10)16(20)19(13-6-7-13)9-11-2-4-12(17)5-3-11/h2-5,8,13H,6-7,9,18H2,1H3. The molecule has 3 rings (SSSR count). The Hall–Kier alpha value is -1.52. The summed E-state index contributed by atoms with van der Waals surface area (Å²) in [6.07, 6.45) is 2.17. The molecule has 3 nitrogen and oxygen atoms in total. The second kappa shape index (κ2) is 5.70. The number of anilines is 1. The number of nitrogens with two attached hydrogens (primary N) is 1. The lowest BCUT2D eigenvalue weighted by Crippen LogP contribution is -2.32. The molecule has 0 unspecified atom stereocenters. The maximum absolute atomic E-state index is 12.7. The molecule has 110 valence electrons. The average molecular weight is 321 g/mol. The van der Waals surface area contributed by atoms with Gasteiger partial charge < -0.3 is 10.6 Å². The Kier molecular flexibility index (Phi) is 3.91. The van der Waals surface area contributed by atoms with Gasteiger partial charge in [-0.3, -0.25) is 4.79 Å². The number of carbonyl (C=O) groups is 1. The highest BCUT2D eigenvalue weighted by molar-refractivity contribution is 7.14. The number of hydrogen-bond acceptors (Lipinski definition) is 3. The van der Waals surface area contributed by atoms with Crippen LogP contribution in [-0.2, 0) is 6.54 Å². The van der Waals surface area contributed by atoms with Crippen LogP contribution in [0, 0.1) is 6.92 Å². The molecule has 0 atom stereocenters. The lowest BCUT2D eigenvalue weighted by molar-refractivity contribution is 0.0735. The van der Waals surface area contributed by atoms with E-state index in [1.165, 1.54) is 11.3 Å². The smallest absolute Gasteiger partial charge is 0.264 e. The number of amides is 1. The predicted molar refractivity (Wildman–Crippen MR) is 87.8 cm³/mol. The van der Waals surface area contributed by atoms with E-state index in [1.54, 1.807) is 6.07 Å². The quantitative estimate of drug-likeness (QED) is 0.922. The Morgan fingerprint density at radius 1 is 1.38 bits per heavy atom. The van der Waals surface area contributed by atoms with E-state index < -0.39 is 0 Å². The van der Waals surface area contributed by atoms with Crippen molar-refractivity contribution in [1.29, 1.82) is 0 Å². The summed E-state index contributed by atoms with van der Waals surface area (Å²) in [5.41, 5.74) is 7.66. The van der Waals surface area contributed by atoms with Gasteiger partial charge in [0.05, 0.1) is 4.88 Å². The average Bonchev–Trinajstić information content (AvgIpc) is 3.24. The van der Waals surface area contributed by atoms with Gasteiger partial charge in [-0.15, -0.1) is 11.3 Å². The van der Waals surface area contributed by atoms with Crippen molar-refractivity contribution in [3.05, 3.63) is 50.7 Å². The monoisotopic (exact) mass is 320 g/mol. The van der Waals surface area contributed by atoms with Gasteiger partial charge in [0, 0.05) is 28.2 Å². The van der Waals surface area contributed by atoms with E-state index in [-0.39, 0.29) is 5.91 Å². The van der Waals surface area contributed by atoms with Crippen molar-refractivity contribution in [2.45, 2.75) is 32.4 Å². The molecule has 1 amide bonds. The van der Waals surface area contributed by atoms with Crippen molar-refractivity contribution >= 4 is 34.5 Å². The van der Waals surface area contributed by atoms with Crippen LogP contribution in [0.15, 0.2) is 30.3 Å². The molecule has 0 spiro atoms. The number of aryl methyl sites for hydroxylation is 1. The van der Waals surface area contributed by atoms with Crippen LogP contribution in [-0.4, -0.2) is 16.8 Å². The fourth-order valence-electron chi connectivity index (χ4n) is 2.28. The minimum Gasteiger partial charge on any atom is -0.398 e. The molecule has 1 aromatic heterocycles. The van der Waals surface area contributed by atoms with Gasteiger partial charge in [0.1, 0.15) is 0 Å². The number of hydrogen-bond donors (Lipinski definition) is 1. The largest absolute Gasteiger partial charge is 0.398 e. The molecule has 21 heavy (non-hydrogen) atoms. The first-order valence-electron chi connectivity index (χ1n) is 6.96. The van der Waals surface area contributed by atoms with Gasteiger partial charge in [-0.25, -0.2) is 0 Å². The maximum Gasteiger partial charge on any atom is 0.264 e. The fourth-order valence-corrected chi connectivity index (χ4v) is 3.31. The number of carbonyl (C=O) groups excluding carboxylic acids is 1. The zero-order valence-electron chi connectivity index (χ0n) is 11.8. The van der Waals surface area contributed by atoms with Crippen LogP contribution in [0.25, 0.3) is 0 Å². The molecule has 1 heterocycles. The summed E-state index contributed by atoms with van der Waals surface area (Å²) >= 11 is 7.38. The van der Waals surface area contributed by atoms with Gasteiger partial charge in [0.2, 0.25) is 0 Å². The molecule has 1 aliphatic carbocycles. The second-order valence-electron chi connectivity index (χ2n) is 5.41. The first-order chi connectivity index (χ1) is 10.0. The first kappa shape index (κ1) is 14.4. The number of benzene rings is 1. The summed E-state index contributed by atoms with van der Waals surface area (Å²) < 4.78 is 0. The zero-order valence-corrected chi connectivity index (χ0v) is 13.4. The summed E-state index contributed by atoms with van der Waals surface area (Å²) in [7, 11) is 0. The summed E-state index contributed by atoms with van der Waals surface area (Å²) in [4.78, 5) is 16.4. The molecule has 0 saturated heterocycles. The highest BCUT2D eigenvalue weighted by atomic mass is 35.5. The molecular formula is C16H17ClN2OS. The summed E-state index contributed by atoms with van der Waals surface area (Å²) in [5.74, 6) is 0.0808. The number of nitrogen functional groups attached to an aromatic ring is 1. The van der Waals surface area contributed by atoms with E-state index in [0.29, 0.717) is 23.3 Å². The van der Waals surface area contributed by atoms with E-state index >= 15 is 0 Å². The van der Waals surface area contributed by atoms with Crippen molar-refractivity contribution in [2.75, 3.05) is 5.73 Å². The maximum atomic E-state index is 12.7. The Morgan fingerprint density at radius 2 is 2.05 bits per heavy atom. The molecule has 1 saturated carbocycles. The van der Waals surface area contributed by atoms with Gasteiger partial charge in [0.25, 0.3) is 5.91 Å². The predicted octanol–water partition coefficient (Wildman–Crippen LogP) is 4.10. The van der Waals surface area contributed by atoms with Gasteiger partial charge >= 0.3 is 0 Å². The number of thiophene rings is 1. The Morgan fingerprint density at radius 3 is 2.57 bits per heavy atom. The highest BCUT2D eigenvalue weighted by Crippen LogP contribution is 2.32. The van der Waals surface area contributed by atoms with Gasteiger partial charge in [-0.05, 0) is 43.5 Å². The third-order valence-electron chi connectivity index (χ3n) is 3.68. The minimum absolute atomic E-state index is 0.0808. The molecule has 1 fully saturated rings. The molecule has 1 aromatic carbocycles. The second-order valence-corrected chi connectivity index (χ2v) is 7.11. The fraction of sp³-hybridized carbons (Fsp3) is 0.312. The van der Waals surface area contributed by atoms with Crippen LogP contribution in [0.3, 0.4) is 0 Å². The van der Waals surface area contributed by atoms with Gasteiger partial charge in [-0.1, -0.05) is 23.7 Å². The van der Waals surface area contributed by atoms with Gasteiger partial charge in [0.15, 0.2) is 0 Å². The third kappa shape index (κ3) is 3.22. The third-order valence-corrected chi connectivity index (χ3v) is 4.99. The summed E-state index contributed by atoms with van der Waals surface area (Å²) in [5, 5.41) is 0.713. The number of nitrogens with zero attached hydrogens (tertiary/aromatic N) is 1.